The van der Waals surface area contributed by atoms with E-state index in [1.165, 1.54) is 0 Å². The van der Waals surface area contributed by atoms with Crippen LogP contribution in [-0.2, 0) is 23.1 Å². The number of hydrogen-bond acceptors (Lipinski definition) is 4. The molecule has 0 spiro atoms. The normalized spacial score (nSPS) is 15.1. The lowest BCUT2D eigenvalue weighted by Crippen LogP contribution is -2.36. The maximum Gasteiger partial charge on any atom is 0.243 e. The molecule has 152 valence electrons. The molecular formula is C19H26IN5O2S. The fraction of sp³-hybridized carbons (Fsp3) is 0.368. The molecule has 0 unspecified atom stereocenters. The van der Waals surface area contributed by atoms with Crippen molar-refractivity contribution in [2.24, 2.45) is 4.99 Å². The molecule has 1 aliphatic heterocycles. The molecule has 1 aromatic carbocycles. The average Bonchev–Trinajstić information content (AvgIpc) is 3.25. The second-order valence-electron chi connectivity index (χ2n) is 6.36. The number of nitrogens with one attached hydrogen (secondary N) is 2. The minimum absolute atomic E-state index is 0. The highest BCUT2D eigenvalue weighted by Crippen LogP contribution is 2.21. The number of hydrogen-bond donors (Lipinski definition) is 2. The molecule has 0 saturated carbocycles. The Balaban J connectivity index is 0.00000280. The standard InChI is InChI=1S/C19H25N5O2S.HI/c1-20-19(23-15-17-6-2-3-11-21-17)22-14-16-7-9-18(10-8-16)27(25,26)24-12-4-5-13-24;/h2-3,6-11H,4-5,12-15H2,1H3,(H2,20,22,23);1H. The maximum atomic E-state index is 12.6. The Hall–Kier alpha value is -1.72. The summed E-state index contributed by atoms with van der Waals surface area (Å²) in [6.07, 6.45) is 3.63. The summed E-state index contributed by atoms with van der Waals surface area (Å²) in [6, 6.07) is 12.8. The van der Waals surface area contributed by atoms with Gasteiger partial charge in [0.15, 0.2) is 5.96 Å². The van der Waals surface area contributed by atoms with Crippen molar-refractivity contribution in [3.8, 4) is 0 Å². The zero-order valence-electron chi connectivity index (χ0n) is 15.8. The van der Waals surface area contributed by atoms with Crippen LogP contribution in [-0.4, -0.2) is 43.8 Å². The van der Waals surface area contributed by atoms with Gasteiger partial charge in [-0.25, -0.2) is 8.42 Å². The third-order valence-electron chi connectivity index (χ3n) is 4.47. The van der Waals surface area contributed by atoms with Crippen molar-refractivity contribution in [2.75, 3.05) is 20.1 Å². The fourth-order valence-electron chi connectivity index (χ4n) is 2.94. The summed E-state index contributed by atoms with van der Waals surface area (Å²) < 4.78 is 26.7. The van der Waals surface area contributed by atoms with E-state index in [4.69, 9.17) is 0 Å². The van der Waals surface area contributed by atoms with Gasteiger partial charge in [0.05, 0.1) is 17.1 Å². The molecule has 0 bridgehead atoms. The molecule has 7 nitrogen and oxygen atoms in total. The Bertz CT molecular complexity index is 867. The van der Waals surface area contributed by atoms with E-state index >= 15 is 0 Å². The summed E-state index contributed by atoms with van der Waals surface area (Å²) in [5.74, 6) is 0.661. The third-order valence-corrected chi connectivity index (χ3v) is 6.39. The van der Waals surface area contributed by atoms with Gasteiger partial charge in [0, 0.05) is 32.9 Å². The van der Waals surface area contributed by atoms with Gasteiger partial charge < -0.3 is 10.6 Å². The van der Waals surface area contributed by atoms with Crippen molar-refractivity contribution < 1.29 is 8.42 Å². The van der Waals surface area contributed by atoms with Gasteiger partial charge in [0.2, 0.25) is 10.0 Å². The molecule has 28 heavy (non-hydrogen) atoms. The van der Waals surface area contributed by atoms with Gasteiger partial charge in [-0.3, -0.25) is 9.98 Å². The summed E-state index contributed by atoms with van der Waals surface area (Å²) in [5.41, 5.74) is 1.91. The molecule has 1 aliphatic rings. The molecular weight excluding hydrogens is 489 g/mol. The predicted octanol–water partition coefficient (Wildman–Crippen LogP) is 2.35. The molecule has 2 N–H and O–H groups in total. The molecule has 0 atom stereocenters. The largest absolute Gasteiger partial charge is 0.352 e. The molecule has 0 radical (unpaired) electrons. The van der Waals surface area contributed by atoms with Crippen molar-refractivity contribution in [3.05, 3.63) is 59.9 Å². The third kappa shape index (κ3) is 5.89. The van der Waals surface area contributed by atoms with E-state index in [9.17, 15) is 8.42 Å². The van der Waals surface area contributed by atoms with Gasteiger partial charge in [-0.1, -0.05) is 18.2 Å². The van der Waals surface area contributed by atoms with Crippen LogP contribution in [0.5, 0.6) is 0 Å². The SMILES string of the molecule is CN=C(NCc1ccc(S(=O)(=O)N2CCCC2)cc1)NCc1ccccn1.I. The van der Waals surface area contributed by atoms with Crippen LogP contribution in [0, 0.1) is 0 Å². The van der Waals surface area contributed by atoms with Crippen LogP contribution in [0.15, 0.2) is 58.5 Å². The molecule has 0 amide bonds. The van der Waals surface area contributed by atoms with E-state index < -0.39 is 10.0 Å². The van der Waals surface area contributed by atoms with Crippen LogP contribution in [0.2, 0.25) is 0 Å². The van der Waals surface area contributed by atoms with Gasteiger partial charge in [-0.05, 0) is 42.7 Å². The van der Waals surface area contributed by atoms with E-state index in [0.717, 1.165) is 24.1 Å². The first-order chi connectivity index (χ1) is 13.1. The fourth-order valence-corrected chi connectivity index (χ4v) is 4.46. The van der Waals surface area contributed by atoms with E-state index in [1.54, 1.807) is 29.7 Å². The van der Waals surface area contributed by atoms with Crippen molar-refractivity contribution in [3.63, 3.8) is 0 Å². The van der Waals surface area contributed by atoms with Crippen molar-refractivity contribution >= 4 is 40.0 Å². The Kier molecular flexibility index (Phi) is 8.64. The Morgan fingerprint density at radius 3 is 2.36 bits per heavy atom. The van der Waals surface area contributed by atoms with Gasteiger partial charge in [0.1, 0.15) is 0 Å². The van der Waals surface area contributed by atoms with Crippen molar-refractivity contribution in [2.45, 2.75) is 30.8 Å². The molecule has 3 rings (SSSR count). The molecule has 0 aliphatic carbocycles. The van der Waals surface area contributed by atoms with Gasteiger partial charge in [0.25, 0.3) is 0 Å². The van der Waals surface area contributed by atoms with E-state index in [2.05, 4.69) is 20.6 Å². The number of rotatable bonds is 6. The highest BCUT2D eigenvalue weighted by molar-refractivity contribution is 14.0. The van der Waals surface area contributed by atoms with Crippen LogP contribution in [0.4, 0.5) is 0 Å². The van der Waals surface area contributed by atoms with Gasteiger partial charge in [-0.2, -0.15) is 4.31 Å². The summed E-state index contributed by atoms with van der Waals surface area (Å²) in [4.78, 5) is 8.81. The Morgan fingerprint density at radius 1 is 1.07 bits per heavy atom. The smallest absolute Gasteiger partial charge is 0.243 e. The Labute approximate surface area is 183 Å². The van der Waals surface area contributed by atoms with E-state index in [1.807, 2.05) is 30.3 Å². The van der Waals surface area contributed by atoms with Crippen LogP contribution in [0.3, 0.4) is 0 Å². The number of nitrogens with zero attached hydrogens (tertiary/aromatic N) is 3. The number of aliphatic imine (C=N–C) groups is 1. The maximum absolute atomic E-state index is 12.6. The quantitative estimate of drug-likeness (QED) is 0.351. The zero-order chi connectivity index (χ0) is 19.1. The Morgan fingerprint density at radius 2 is 1.75 bits per heavy atom. The molecule has 1 aromatic heterocycles. The minimum atomic E-state index is -3.36. The molecule has 1 fully saturated rings. The summed E-state index contributed by atoms with van der Waals surface area (Å²) in [7, 11) is -1.65. The minimum Gasteiger partial charge on any atom is -0.352 e. The van der Waals surface area contributed by atoms with Crippen LogP contribution < -0.4 is 10.6 Å². The monoisotopic (exact) mass is 515 g/mol. The summed E-state index contributed by atoms with van der Waals surface area (Å²) in [5, 5.41) is 6.42. The molecule has 1 saturated heterocycles. The first kappa shape index (κ1) is 22.6. The number of pyridine rings is 1. The average molecular weight is 515 g/mol. The van der Waals surface area contributed by atoms with Gasteiger partial charge >= 0.3 is 0 Å². The zero-order valence-corrected chi connectivity index (χ0v) is 19.0. The van der Waals surface area contributed by atoms with Crippen molar-refractivity contribution in [1.82, 2.24) is 19.9 Å². The predicted molar refractivity (Wildman–Crippen MR) is 121 cm³/mol. The van der Waals surface area contributed by atoms with Crippen molar-refractivity contribution in [1.29, 1.82) is 0 Å². The van der Waals surface area contributed by atoms with Crippen LogP contribution >= 0.6 is 24.0 Å². The highest BCUT2D eigenvalue weighted by Gasteiger charge is 2.26. The summed E-state index contributed by atoms with van der Waals surface area (Å²) >= 11 is 0. The first-order valence-corrected chi connectivity index (χ1v) is 10.5. The number of halogens is 1. The summed E-state index contributed by atoms with van der Waals surface area (Å²) in [6.45, 7) is 2.35. The molecule has 2 heterocycles. The van der Waals surface area contributed by atoms with Gasteiger partial charge in [-0.15, -0.1) is 24.0 Å². The lowest BCUT2D eigenvalue weighted by Gasteiger charge is -2.16. The number of guanidine groups is 1. The number of benzene rings is 1. The number of aromatic nitrogens is 1. The van der Waals surface area contributed by atoms with E-state index in [0.29, 0.717) is 37.0 Å². The first-order valence-electron chi connectivity index (χ1n) is 9.03. The van der Waals surface area contributed by atoms with Crippen LogP contribution in [0.1, 0.15) is 24.1 Å². The second kappa shape index (κ2) is 10.7. The number of sulfonamides is 1. The second-order valence-corrected chi connectivity index (χ2v) is 8.29. The topological polar surface area (TPSA) is 86.7 Å². The molecule has 2 aromatic rings. The lowest BCUT2D eigenvalue weighted by atomic mass is 10.2. The van der Waals surface area contributed by atoms with E-state index in [-0.39, 0.29) is 24.0 Å². The molecule has 9 heteroatoms. The lowest BCUT2D eigenvalue weighted by molar-refractivity contribution is 0.477. The highest BCUT2D eigenvalue weighted by atomic mass is 127. The van der Waals surface area contributed by atoms with Crippen LogP contribution in [0.25, 0.3) is 0 Å².